The Kier molecular flexibility index (Phi) is 4.86. The molecule has 1 aliphatic rings. The van der Waals surface area contributed by atoms with Crippen molar-refractivity contribution in [3.05, 3.63) is 47.5 Å². The number of para-hydroxylation sites is 2. The molecule has 0 spiro atoms. The van der Waals surface area contributed by atoms with E-state index >= 15 is 0 Å². The third-order valence-corrected chi connectivity index (χ3v) is 6.37. The van der Waals surface area contributed by atoms with Gasteiger partial charge in [0.05, 0.1) is 31.1 Å². The number of carbonyl (C=O) groups is 1. The molecule has 2 aromatic rings. The van der Waals surface area contributed by atoms with Gasteiger partial charge in [-0.25, -0.2) is 8.42 Å². The third-order valence-electron chi connectivity index (χ3n) is 4.31. The van der Waals surface area contributed by atoms with E-state index in [1.807, 2.05) is 6.92 Å². The van der Waals surface area contributed by atoms with Gasteiger partial charge in [0, 0.05) is 18.0 Å². The SMILES string of the molecule is COc1cc(Cl)ccc1S(=O)(=O)N1CC(C)N(C(C)=O)c2ccccc21. The summed E-state index contributed by atoms with van der Waals surface area (Å²) in [7, 11) is -2.51. The van der Waals surface area contributed by atoms with Gasteiger partial charge in [0.15, 0.2) is 0 Å². The minimum Gasteiger partial charge on any atom is -0.495 e. The fourth-order valence-corrected chi connectivity index (χ4v) is 5.08. The first kappa shape index (κ1) is 18.5. The van der Waals surface area contributed by atoms with E-state index in [9.17, 15) is 13.2 Å². The van der Waals surface area contributed by atoms with Crippen LogP contribution >= 0.6 is 11.6 Å². The smallest absolute Gasteiger partial charge is 0.268 e. The van der Waals surface area contributed by atoms with Crippen LogP contribution in [0.25, 0.3) is 0 Å². The number of benzene rings is 2. The fourth-order valence-electron chi connectivity index (χ4n) is 3.22. The Hall–Kier alpha value is -2.25. The number of hydrogen-bond acceptors (Lipinski definition) is 4. The van der Waals surface area contributed by atoms with Crippen molar-refractivity contribution in [1.29, 1.82) is 0 Å². The summed E-state index contributed by atoms with van der Waals surface area (Å²) in [5.41, 5.74) is 1.02. The minimum absolute atomic E-state index is 0.0303. The van der Waals surface area contributed by atoms with Crippen LogP contribution in [0.5, 0.6) is 5.75 Å². The Balaban J connectivity index is 2.17. The molecule has 0 radical (unpaired) electrons. The first-order chi connectivity index (χ1) is 12.3. The number of hydrogen-bond donors (Lipinski definition) is 0. The second-order valence-electron chi connectivity index (χ2n) is 6.06. The first-order valence-corrected chi connectivity index (χ1v) is 9.84. The maximum Gasteiger partial charge on any atom is 0.268 e. The molecule has 6 nitrogen and oxygen atoms in total. The third kappa shape index (κ3) is 3.01. The van der Waals surface area contributed by atoms with Crippen molar-refractivity contribution < 1.29 is 17.9 Å². The lowest BCUT2D eigenvalue weighted by molar-refractivity contribution is -0.117. The highest BCUT2D eigenvalue weighted by Crippen LogP contribution is 2.40. The Morgan fingerprint density at radius 3 is 2.46 bits per heavy atom. The molecule has 138 valence electrons. The summed E-state index contributed by atoms with van der Waals surface area (Å²) in [6.07, 6.45) is 0. The van der Waals surface area contributed by atoms with Crippen molar-refractivity contribution in [3.63, 3.8) is 0 Å². The van der Waals surface area contributed by atoms with Crippen LogP contribution < -0.4 is 13.9 Å². The van der Waals surface area contributed by atoms with Gasteiger partial charge >= 0.3 is 0 Å². The number of halogens is 1. The number of sulfonamides is 1. The summed E-state index contributed by atoms with van der Waals surface area (Å²) in [4.78, 5) is 13.7. The number of rotatable bonds is 3. The quantitative estimate of drug-likeness (QED) is 0.801. The van der Waals surface area contributed by atoms with E-state index in [0.29, 0.717) is 16.4 Å². The molecule has 0 N–H and O–H groups in total. The number of nitrogens with zero attached hydrogens (tertiary/aromatic N) is 2. The summed E-state index contributed by atoms with van der Waals surface area (Å²) in [6.45, 7) is 3.43. The maximum absolute atomic E-state index is 13.4. The second-order valence-corrected chi connectivity index (χ2v) is 8.33. The van der Waals surface area contributed by atoms with E-state index in [1.54, 1.807) is 29.2 Å². The molecule has 1 heterocycles. The van der Waals surface area contributed by atoms with E-state index in [2.05, 4.69) is 0 Å². The molecule has 8 heteroatoms. The van der Waals surface area contributed by atoms with Crippen molar-refractivity contribution in [1.82, 2.24) is 0 Å². The zero-order valence-electron chi connectivity index (χ0n) is 14.6. The van der Waals surface area contributed by atoms with Crippen LogP contribution in [0.2, 0.25) is 5.02 Å². The standard InChI is InChI=1S/C18H19ClN2O4S/c1-12-11-20(15-6-4-5-7-16(15)21(12)13(2)22)26(23,24)18-9-8-14(19)10-17(18)25-3/h4-10,12H,11H2,1-3H3. The summed E-state index contributed by atoms with van der Waals surface area (Å²) in [6, 6.07) is 11.1. The van der Waals surface area contributed by atoms with Gasteiger partial charge in [0.1, 0.15) is 10.6 Å². The Morgan fingerprint density at radius 1 is 1.19 bits per heavy atom. The van der Waals surface area contributed by atoms with Gasteiger partial charge in [0.2, 0.25) is 5.91 Å². The molecule has 0 aromatic heterocycles. The van der Waals surface area contributed by atoms with Crippen LogP contribution in [-0.2, 0) is 14.8 Å². The number of methoxy groups -OCH3 is 1. The Labute approximate surface area is 158 Å². The van der Waals surface area contributed by atoms with Crippen LogP contribution in [0, 0.1) is 0 Å². The molecule has 1 atom stereocenters. The average Bonchev–Trinajstić information content (AvgIpc) is 2.60. The Bertz CT molecular complexity index is 961. The van der Waals surface area contributed by atoms with E-state index in [1.165, 1.54) is 36.5 Å². The number of amides is 1. The highest BCUT2D eigenvalue weighted by atomic mass is 35.5. The van der Waals surface area contributed by atoms with E-state index in [4.69, 9.17) is 16.3 Å². The van der Waals surface area contributed by atoms with Crippen LogP contribution in [0.15, 0.2) is 47.4 Å². The van der Waals surface area contributed by atoms with Crippen molar-refractivity contribution in [2.24, 2.45) is 0 Å². The largest absolute Gasteiger partial charge is 0.495 e. The molecular weight excluding hydrogens is 376 g/mol. The van der Waals surface area contributed by atoms with Gasteiger partial charge < -0.3 is 9.64 Å². The molecule has 3 rings (SSSR count). The zero-order chi connectivity index (χ0) is 19.1. The van der Waals surface area contributed by atoms with E-state index < -0.39 is 10.0 Å². The summed E-state index contributed by atoms with van der Waals surface area (Å²) >= 11 is 5.96. The summed E-state index contributed by atoms with van der Waals surface area (Å²) in [5.74, 6) is 0.0442. The van der Waals surface area contributed by atoms with Gasteiger partial charge in [0.25, 0.3) is 10.0 Å². The predicted octanol–water partition coefficient (Wildman–Crippen LogP) is 3.30. The fraction of sp³-hybridized carbons (Fsp3) is 0.278. The minimum atomic E-state index is -3.91. The van der Waals surface area contributed by atoms with Crippen molar-refractivity contribution in [3.8, 4) is 5.75 Å². The van der Waals surface area contributed by atoms with Gasteiger partial charge in [-0.3, -0.25) is 9.10 Å². The van der Waals surface area contributed by atoms with Crippen LogP contribution in [0.3, 0.4) is 0 Å². The molecule has 0 saturated heterocycles. The van der Waals surface area contributed by atoms with E-state index in [0.717, 1.165) is 0 Å². The van der Waals surface area contributed by atoms with E-state index in [-0.39, 0.29) is 29.1 Å². The first-order valence-electron chi connectivity index (χ1n) is 8.02. The summed E-state index contributed by atoms with van der Waals surface area (Å²) in [5, 5.41) is 0.385. The molecule has 0 aliphatic carbocycles. The normalized spacial score (nSPS) is 17.0. The number of fused-ring (bicyclic) bond motifs is 1. The second kappa shape index (κ2) is 6.81. The topological polar surface area (TPSA) is 66.9 Å². The predicted molar refractivity (Wildman–Crippen MR) is 102 cm³/mol. The molecule has 1 amide bonds. The molecular formula is C18H19ClN2O4S. The maximum atomic E-state index is 13.4. The summed E-state index contributed by atoms with van der Waals surface area (Å²) < 4.78 is 33.3. The van der Waals surface area contributed by atoms with Gasteiger partial charge in [-0.05, 0) is 31.2 Å². The highest BCUT2D eigenvalue weighted by molar-refractivity contribution is 7.93. The molecule has 0 fully saturated rings. The number of anilines is 2. The monoisotopic (exact) mass is 394 g/mol. The lowest BCUT2D eigenvalue weighted by atomic mass is 10.1. The van der Waals surface area contributed by atoms with Crippen molar-refractivity contribution in [2.75, 3.05) is 22.9 Å². The average molecular weight is 395 g/mol. The zero-order valence-corrected chi connectivity index (χ0v) is 16.2. The van der Waals surface area contributed by atoms with Gasteiger partial charge in [-0.15, -0.1) is 0 Å². The molecule has 0 bridgehead atoms. The molecule has 1 unspecified atom stereocenters. The lowest BCUT2D eigenvalue weighted by Crippen LogP contribution is -2.51. The van der Waals surface area contributed by atoms with Crippen LogP contribution in [-0.4, -0.2) is 34.0 Å². The van der Waals surface area contributed by atoms with Crippen molar-refractivity contribution >= 4 is 38.9 Å². The molecule has 0 saturated carbocycles. The van der Waals surface area contributed by atoms with Crippen LogP contribution in [0.4, 0.5) is 11.4 Å². The van der Waals surface area contributed by atoms with Crippen LogP contribution in [0.1, 0.15) is 13.8 Å². The van der Waals surface area contributed by atoms with Crippen molar-refractivity contribution in [2.45, 2.75) is 24.8 Å². The van der Waals surface area contributed by atoms with Gasteiger partial charge in [-0.2, -0.15) is 0 Å². The number of ether oxygens (including phenoxy) is 1. The molecule has 26 heavy (non-hydrogen) atoms. The molecule has 2 aromatic carbocycles. The highest BCUT2D eigenvalue weighted by Gasteiger charge is 2.37. The number of carbonyl (C=O) groups excluding carboxylic acids is 1. The lowest BCUT2D eigenvalue weighted by Gasteiger charge is -2.41. The van der Waals surface area contributed by atoms with Gasteiger partial charge in [-0.1, -0.05) is 23.7 Å². The Morgan fingerprint density at radius 2 is 1.85 bits per heavy atom. The molecule has 1 aliphatic heterocycles.